The Hall–Kier alpha value is -2.60. The molecule has 0 aliphatic carbocycles. The van der Waals surface area contributed by atoms with Crippen molar-refractivity contribution < 1.29 is 14.8 Å². The van der Waals surface area contributed by atoms with Gasteiger partial charge in [-0.2, -0.15) is 0 Å². The Morgan fingerprint density at radius 2 is 1.86 bits per heavy atom. The molecule has 6 nitrogen and oxygen atoms in total. The molecule has 2 aromatic rings. The second-order valence-corrected chi connectivity index (χ2v) is 5.16. The topological polar surface area (TPSA) is 92.5 Å². The van der Waals surface area contributed by atoms with Gasteiger partial charge < -0.3 is 10.4 Å². The van der Waals surface area contributed by atoms with Crippen molar-refractivity contribution in [1.82, 2.24) is 0 Å². The van der Waals surface area contributed by atoms with Crippen LogP contribution in [-0.2, 0) is 0 Å². The number of halogens is 1. The van der Waals surface area contributed by atoms with E-state index in [0.29, 0.717) is 16.8 Å². The summed E-state index contributed by atoms with van der Waals surface area (Å²) in [5.41, 5.74) is 1.75. The number of hydrogen-bond donors (Lipinski definition) is 2. The molecular formula is C15H13ClN2O4. The maximum absolute atomic E-state index is 12.2. The minimum atomic E-state index is -0.533. The summed E-state index contributed by atoms with van der Waals surface area (Å²) in [5.74, 6) is -0.438. The molecule has 0 spiro atoms. The van der Waals surface area contributed by atoms with Crippen molar-refractivity contribution in [2.24, 2.45) is 0 Å². The number of hydrogen-bond acceptors (Lipinski definition) is 4. The van der Waals surface area contributed by atoms with Crippen LogP contribution in [-0.4, -0.2) is 15.9 Å². The first-order chi connectivity index (χ1) is 10.3. The standard InChI is InChI=1S/C15H13ClN2O4/c1-8-7-12(9(2)13(16)14(8)19)17-15(20)10-3-5-11(6-4-10)18(21)22/h3-7,19H,1-2H3,(H,17,20). The zero-order valence-corrected chi connectivity index (χ0v) is 12.6. The fourth-order valence-electron chi connectivity index (χ4n) is 1.92. The number of phenols is 1. The van der Waals surface area contributed by atoms with Gasteiger partial charge >= 0.3 is 0 Å². The number of benzene rings is 2. The maximum atomic E-state index is 12.2. The van der Waals surface area contributed by atoms with E-state index >= 15 is 0 Å². The van der Waals surface area contributed by atoms with E-state index in [1.165, 1.54) is 24.3 Å². The molecule has 1 amide bonds. The van der Waals surface area contributed by atoms with Gasteiger partial charge in [0.05, 0.1) is 9.95 Å². The summed E-state index contributed by atoms with van der Waals surface area (Å²) in [6, 6.07) is 6.88. The quantitative estimate of drug-likeness (QED) is 0.510. The maximum Gasteiger partial charge on any atom is 0.269 e. The fraction of sp³-hybridized carbons (Fsp3) is 0.133. The molecule has 114 valence electrons. The first-order valence-electron chi connectivity index (χ1n) is 6.35. The number of anilines is 1. The Labute approximate surface area is 131 Å². The number of phenolic OH excluding ortho intramolecular Hbond substituents is 1. The van der Waals surface area contributed by atoms with Gasteiger partial charge in [-0.1, -0.05) is 11.6 Å². The zero-order chi connectivity index (χ0) is 16.4. The molecule has 0 radical (unpaired) electrons. The molecule has 0 unspecified atom stereocenters. The smallest absolute Gasteiger partial charge is 0.269 e. The van der Waals surface area contributed by atoms with Crippen LogP contribution in [0.25, 0.3) is 0 Å². The molecule has 0 aromatic heterocycles. The lowest BCUT2D eigenvalue weighted by atomic mass is 10.1. The summed E-state index contributed by atoms with van der Waals surface area (Å²) in [4.78, 5) is 22.2. The molecule has 0 heterocycles. The number of aromatic hydroxyl groups is 1. The highest BCUT2D eigenvalue weighted by molar-refractivity contribution is 6.33. The SMILES string of the molecule is Cc1cc(NC(=O)c2ccc([N+](=O)[O-])cc2)c(C)c(Cl)c1O. The van der Waals surface area contributed by atoms with Crippen molar-refractivity contribution in [2.75, 3.05) is 5.32 Å². The van der Waals surface area contributed by atoms with Gasteiger partial charge in [0.2, 0.25) is 0 Å². The molecule has 2 rings (SSSR count). The number of nitrogens with one attached hydrogen (secondary N) is 1. The third-order valence-electron chi connectivity index (χ3n) is 3.26. The molecule has 0 saturated carbocycles. The molecule has 0 atom stereocenters. The van der Waals surface area contributed by atoms with Gasteiger partial charge in [-0.05, 0) is 43.2 Å². The predicted molar refractivity (Wildman–Crippen MR) is 83.6 cm³/mol. The molecule has 0 saturated heterocycles. The van der Waals surface area contributed by atoms with Gasteiger partial charge in [0.15, 0.2) is 0 Å². The lowest BCUT2D eigenvalue weighted by Gasteiger charge is -2.13. The molecule has 0 fully saturated rings. The highest BCUT2D eigenvalue weighted by Crippen LogP contribution is 2.35. The minimum Gasteiger partial charge on any atom is -0.506 e. The first-order valence-corrected chi connectivity index (χ1v) is 6.73. The Morgan fingerprint density at radius 3 is 2.41 bits per heavy atom. The number of carbonyl (C=O) groups excluding carboxylic acids is 1. The van der Waals surface area contributed by atoms with Crippen molar-refractivity contribution in [3.8, 4) is 5.75 Å². The third kappa shape index (κ3) is 3.01. The lowest BCUT2D eigenvalue weighted by molar-refractivity contribution is -0.384. The molecule has 2 N–H and O–H groups in total. The van der Waals surface area contributed by atoms with E-state index < -0.39 is 10.8 Å². The van der Waals surface area contributed by atoms with Crippen LogP contribution in [0.1, 0.15) is 21.5 Å². The Kier molecular flexibility index (Phi) is 4.32. The molecule has 22 heavy (non-hydrogen) atoms. The highest BCUT2D eigenvalue weighted by atomic mass is 35.5. The minimum absolute atomic E-state index is 0.0208. The average molecular weight is 321 g/mol. The number of aryl methyl sites for hydroxylation is 1. The number of carbonyl (C=O) groups is 1. The molecular weight excluding hydrogens is 308 g/mol. The fourth-order valence-corrected chi connectivity index (χ4v) is 2.17. The van der Waals surface area contributed by atoms with E-state index in [1.807, 2.05) is 0 Å². The van der Waals surface area contributed by atoms with Gasteiger partial charge in [-0.3, -0.25) is 14.9 Å². The van der Waals surface area contributed by atoms with Gasteiger partial charge in [0.1, 0.15) is 5.75 Å². The van der Waals surface area contributed by atoms with Crippen LogP contribution in [0.2, 0.25) is 5.02 Å². The van der Waals surface area contributed by atoms with Crippen LogP contribution in [0.3, 0.4) is 0 Å². The van der Waals surface area contributed by atoms with E-state index in [0.717, 1.165) is 0 Å². The van der Waals surface area contributed by atoms with E-state index in [4.69, 9.17) is 11.6 Å². The second-order valence-electron chi connectivity index (χ2n) is 4.79. The van der Waals surface area contributed by atoms with Crippen molar-refractivity contribution in [1.29, 1.82) is 0 Å². The average Bonchev–Trinajstić information content (AvgIpc) is 2.50. The van der Waals surface area contributed by atoms with E-state index in [2.05, 4.69) is 5.32 Å². The molecule has 0 aliphatic heterocycles. The summed E-state index contributed by atoms with van der Waals surface area (Å²) < 4.78 is 0. The van der Waals surface area contributed by atoms with Crippen LogP contribution < -0.4 is 5.32 Å². The number of non-ortho nitro benzene ring substituents is 1. The summed E-state index contributed by atoms with van der Waals surface area (Å²) >= 11 is 6.00. The lowest BCUT2D eigenvalue weighted by Crippen LogP contribution is -2.13. The van der Waals surface area contributed by atoms with Crippen LogP contribution >= 0.6 is 11.6 Å². The third-order valence-corrected chi connectivity index (χ3v) is 3.73. The van der Waals surface area contributed by atoms with Gasteiger partial charge in [-0.15, -0.1) is 0 Å². The normalized spacial score (nSPS) is 10.3. The summed E-state index contributed by atoms with van der Waals surface area (Å²) in [6.45, 7) is 3.34. The summed E-state index contributed by atoms with van der Waals surface area (Å²) in [6.07, 6.45) is 0. The second kappa shape index (κ2) is 6.03. The largest absolute Gasteiger partial charge is 0.506 e. The number of nitro groups is 1. The Balaban J connectivity index is 2.27. The monoisotopic (exact) mass is 320 g/mol. The van der Waals surface area contributed by atoms with Crippen LogP contribution in [0.15, 0.2) is 30.3 Å². The van der Waals surface area contributed by atoms with Crippen molar-refractivity contribution in [3.63, 3.8) is 0 Å². The molecule has 0 aliphatic rings. The Bertz CT molecular complexity index is 757. The van der Waals surface area contributed by atoms with Crippen molar-refractivity contribution in [3.05, 3.63) is 62.2 Å². The number of nitro benzene ring substituents is 1. The van der Waals surface area contributed by atoms with Crippen molar-refractivity contribution >= 4 is 28.9 Å². The van der Waals surface area contributed by atoms with Crippen LogP contribution in [0.4, 0.5) is 11.4 Å². The van der Waals surface area contributed by atoms with E-state index in [1.54, 1.807) is 19.9 Å². The van der Waals surface area contributed by atoms with Crippen LogP contribution in [0.5, 0.6) is 5.75 Å². The van der Waals surface area contributed by atoms with E-state index in [-0.39, 0.29) is 22.0 Å². The predicted octanol–water partition coefficient (Wildman–Crippen LogP) is 3.82. The zero-order valence-electron chi connectivity index (χ0n) is 11.9. The van der Waals surface area contributed by atoms with Gasteiger partial charge in [0.25, 0.3) is 11.6 Å². The van der Waals surface area contributed by atoms with E-state index in [9.17, 15) is 20.0 Å². The summed E-state index contributed by atoms with van der Waals surface area (Å²) in [7, 11) is 0. The van der Waals surface area contributed by atoms with Gasteiger partial charge in [-0.25, -0.2) is 0 Å². The molecule has 0 bridgehead atoms. The highest BCUT2D eigenvalue weighted by Gasteiger charge is 2.14. The number of rotatable bonds is 3. The summed E-state index contributed by atoms with van der Waals surface area (Å²) in [5, 5.41) is 23.2. The Morgan fingerprint density at radius 1 is 1.27 bits per heavy atom. The number of amides is 1. The van der Waals surface area contributed by atoms with Crippen molar-refractivity contribution in [2.45, 2.75) is 13.8 Å². The molecule has 7 heteroatoms. The first kappa shape index (κ1) is 15.8. The molecule has 2 aromatic carbocycles. The number of nitrogens with zero attached hydrogens (tertiary/aromatic N) is 1. The van der Waals surface area contributed by atoms with Crippen LogP contribution in [0, 0.1) is 24.0 Å². The van der Waals surface area contributed by atoms with Gasteiger partial charge in [0, 0.05) is 23.4 Å².